The van der Waals surface area contributed by atoms with Crippen LogP contribution in [0.3, 0.4) is 0 Å². The maximum atomic E-state index is 11.4. The van der Waals surface area contributed by atoms with Crippen LogP contribution < -0.4 is 4.18 Å². The van der Waals surface area contributed by atoms with Crippen molar-refractivity contribution in [3.8, 4) is 5.75 Å². The molecule has 0 atom stereocenters. The van der Waals surface area contributed by atoms with Gasteiger partial charge in [-0.3, -0.25) is 0 Å². The summed E-state index contributed by atoms with van der Waals surface area (Å²) in [5.41, 5.74) is 0. The molecule has 0 saturated carbocycles. The Morgan fingerprint density at radius 2 is 1.72 bits per heavy atom. The average Bonchev–Trinajstić information content (AvgIpc) is 2.29. The first-order chi connectivity index (χ1) is 8.14. The predicted octanol–water partition coefficient (Wildman–Crippen LogP) is 2.26. The molecule has 0 aliphatic carbocycles. The van der Waals surface area contributed by atoms with Crippen molar-refractivity contribution in [3.63, 3.8) is 0 Å². The van der Waals surface area contributed by atoms with Gasteiger partial charge in [0.15, 0.2) is 0 Å². The van der Waals surface area contributed by atoms with Gasteiger partial charge in [-0.2, -0.15) is 8.42 Å². The minimum absolute atomic E-state index is 0. The Morgan fingerprint density at radius 3 is 2.33 bits per heavy atom. The van der Waals surface area contributed by atoms with E-state index in [0.29, 0.717) is 0 Å². The number of hydrogen-bond donors (Lipinski definition) is 0. The molecule has 0 aromatic heterocycles. The second-order valence-corrected chi connectivity index (χ2v) is 4.91. The Morgan fingerprint density at radius 1 is 1.06 bits per heavy atom. The van der Waals surface area contributed by atoms with E-state index in [9.17, 15) is 8.42 Å². The Bertz CT molecular complexity index is 405. The van der Waals surface area contributed by atoms with Gasteiger partial charge < -0.3 is 4.18 Å². The summed E-state index contributed by atoms with van der Waals surface area (Å²) in [5.74, 6) is 0.265. The summed E-state index contributed by atoms with van der Waals surface area (Å²) < 4.78 is 32.3. The first-order valence-corrected chi connectivity index (χ1v) is 7.11. The summed E-state index contributed by atoms with van der Waals surface area (Å²) in [6.07, 6.45) is 3.89. The second-order valence-electron chi connectivity index (χ2n) is 3.69. The zero-order chi connectivity index (χ0) is 12.6. The molecule has 0 heterocycles. The van der Waals surface area contributed by atoms with Crippen LogP contribution in [0.15, 0.2) is 30.3 Å². The summed E-state index contributed by atoms with van der Waals surface area (Å²) in [6.45, 7) is 2.27. The molecular formula is C12H19NaO4S. The summed E-state index contributed by atoms with van der Waals surface area (Å²) in [6, 6.07) is 8.32. The predicted molar refractivity (Wildman–Crippen MR) is 73.2 cm³/mol. The molecule has 1 aromatic rings. The zero-order valence-corrected chi connectivity index (χ0v) is 10.8. The number of rotatable bonds is 8. The van der Waals surface area contributed by atoms with Crippen LogP contribution in [0, 0.1) is 0 Å². The van der Waals surface area contributed by atoms with Crippen LogP contribution in [0.25, 0.3) is 0 Å². The van der Waals surface area contributed by atoms with Crippen LogP contribution in [-0.2, 0) is 14.6 Å². The third-order valence-electron chi connectivity index (χ3n) is 2.17. The first kappa shape index (κ1) is 17.9. The van der Waals surface area contributed by atoms with Crippen LogP contribution in [-0.4, -0.2) is 44.6 Å². The molecule has 6 heteroatoms. The van der Waals surface area contributed by atoms with Gasteiger partial charge in [-0.15, -0.1) is 0 Å². The van der Waals surface area contributed by atoms with Crippen LogP contribution in [0.5, 0.6) is 5.75 Å². The van der Waals surface area contributed by atoms with Gasteiger partial charge in [-0.05, 0) is 18.6 Å². The van der Waals surface area contributed by atoms with E-state index in [1.807, 2.05) is 0 Å². The van der Waals surface area contributed by atoms with Gasteiger partial charge in [0.1, 0.15) is 5.75 Å². The van der Waals surface area contributed by atoms with E-state index >= 15 is 0 Å². The molecular weight excluding hydrogens is 263 g/mol. The van der Waals surface area contributed by atoms with E-state index in [1.165, 1.54) is 0 Å². The van der Waals surface area contributed by atoms with Gasteiger partial charge in [-0.1, -0.05) is 44.4 Å². The fourth-order valence-corrected chi connectivity index (χ4v) is 2.02. The van der Waals surface area contributed by atoms with E-state index in [4.69, 9.17) is 8.37 Å². The fraction of sp³-hybridized carbons (Fsp3) is 0.500. The molecule has 0 bridgehead atoms. The Balaban J connectivity index is 0.00000289. The number of para-hydroxylation sites is 1. The van der Waals surface area contributed by atoms with E-state index in [0.717, 1.165) is 25.7 Å². The van der Waals surface area contributed by atoms with Crippen LogP contribution in [0.4, 0.5) is 0 Å². The minimum atomic E-state index is -3.92. The van der Waals surface area contributed by atoms with Gasteiger partial charge in [0.2, 0.25) is 0 Å². The fourth-order valence-electron chi connectivity index (χ4n) is 1.31. The van der Waals surface area contributed by atoms with E-state index in [2.05, 4.69) is 6.92 Å². The van der Waals surface area contributed by atoms with Gasteiger partial charge in [0.25, 0.3) is 0 Å². The maximum absolute atomic E-state index is 11.4. The van der Waals surface area contributed by atoms with Gasteiger partial charge in [0.05, 0.1) is 6.61 Å². The summed E-state index contributed by atoms with van der Waals surface area (Å²) in [7, 11) is -3.92. The second kappa shape index (κ2) is 9.81. The van der Waals surface area contributed by atoms with Gasteiger partial charge >= 0.3 is 40.0 Å². The van der Waals surface area contributed by atoms with Crippen LogP contribution in [0.1, 0.15) is 32.6 Å². The molecule has 1 aromatic carbocycles. The molecule has 1 rings (SSSR count). The van der Waals surface area contributed by atoms with Crippen molar-refractivity contribution in [2.24, 2.45) is 0 Å². The molecule has 0 aliphatic heterocycles. The van der Waals surface area contributed by atoms with E-state index in [-0.39, 0.29) is 41.9 Å². The van der Waals surface area contributed by atoms with Crippen LogP contribution >= 0.6 is 0 Å². The molecule has 0 N–H and O–H groups in total. The van der Waals surface area contributed by atoms with Crippen molar-refractivity contribution in [3.05, 3.63) is 30.3 Å². The third-order valence-corrected chi connectivity index (χ3v) is 3.02. The van der Waals surface area contributed by atoms with Crippen molar-refractivity contribution in [2.45, 2.75) is 32.6 Å². The van der Waals surface area contributed by atoms with Crippen molar-refractivity contribution in [1.82, 2.24) is 0 Å². The quantitative estimate of drug-likeness (QED) is 0.542. The van der Waals surface area contributed by atoms with Crippen molar-refractivity contribution >= 4 is 40.0 Å². The normalized spacial score (nSPS) is 10.7. The molecule has 0 amide bonds. The topological polar surface area (TPSA) is 52.6 Å². The summed E-state index contributed by atoms with van der Waals surface area (Å²) >= 11 is 0. The molecule has 0 aliphatic rings. The van der Waals surface area contributed by atoms with Gasteiger partial charge in [-0.25, -0.2) is 4.18 Å². The molecule has 4 nitrogen and oxygen atoms in total. The molecule has 98 valence electrons. The summed E-state index contributed by atoms with van der Waals surface area (Å²) in [5, 5.41) is 0. The number of benzene rings is 1. The molecule has 18 heavy (non-hydrogen) atoms. The van der Waals surface area contributed by atoms with Crippen molar-refractivity contribution < 1.29 is 16.8 Å². The van der Waals surface area contributed by atoms with Crippen LogP contribution in [0.2, 0.25) is 0 Å². The SMILES string of the molecule is CCCCCCOS(=O)(=O)Oc1ccccc1.[NaH]. The number of hydrogen-bond acceptors (Lipinski definition) is 4. The molecule has 0 saturated heterocycles. The number of unbranched alkanes of at least 4 members (excludes halogenated alkanes) is 3. The molecule has 0 fully saturated rings. The standard InChI is InChI=1S/C12H18O4S.Na.H/c1-2-3-4-8-11-15-17(13,14)16-12-9-6-5-7-10-12;;/h5-7,9-10H,2-4,8,11H2,1H3;;. The monoisotopic (exact) mass is 282 g/mol. The van der Waals surface area contributed by atoms with Crippen molar-refractivity contribution in [1.29, 1.82) is 0 Å². The third kappa shape index (κ3) is 8.11. The Labute approximate surface area is 131 Å². The molecule has 0 radical (unpaired) electrons. The average molecular weight is 282 g/mol. The molecule has 0 spiro atoms. The Kier molecular flexibility index (Phi) is 9.77. The van der Waals surface area contributed by atoms with Crippen molar-refractivity contribution in [2.75, 3.05) is 6.61 Å². The Hall–Kier alpha value is -0.0700. The van der Waals surface area contributed by atoms with Gasteiger partial charge in [0, 0.05) is 0 Å². The van der Waals surface area contributed by atoms with E-state index in [1.54, 1.807) is 30.3 Å². The zero-order valence-electron chi connectivity index (χ0n) is 9.96. The first-order valence-electron chi connectivity index (χ1n) is 5.78. The summed E-state index contributed by atoms with van der Waals surface area (Å²) in [4.78, 5) is 0. The van der Waals surface area contributed by atoms with E-state index < -0.39 is 10.4 Å². The molecule has 0 unspecified atom stereocenters.